The van der Waals surface area contributed by atoms with Crippen molar-refractivity contribution >= 4 is 28.3 Å². The second-order valence-electron chi connectivity index (χ2n) is 5.64. The van der Waals surface area contributed by atoms with Gasteiger partial charge in [0.2, 0.25) is 0 Å². The fourth-order valence-electron chi connectivity index (χ4n) is 3.20. The Balaban J connectivity index is 1.94. The molecule has 0 radical (unpaired) electrons. The number of rotatable bonds is 1. The van der Waals surface area contributed by atoms with Crippen LogP contribution in [0.5, 0.6) is 0 Å². The number of aliphatic hydroxyl groups is 1. The van der Waals surface area contributed by atoms with Crippen molar-refractivity contribution in [2.45, 2.75) is 43.6 Å². The predicted octanol–water partition coefficient (Wildman–Crippen LogP) is 3.54. The summed E-state index contributed by atoms with van der Waals surface area (Å²) in [6, 6.07) is 8.64. The van der Waals surface area contributed by atoms with E-state index in [0.717, 1.165) is 23.6 Å². The Bertz CT molecular complexity index is 487. The van der Waals surface area contributed by atoms with Crippen LogP contribution in [0.15, 0.2) is 24.3 Å². The average Bonchev–Trinajstić information content (AvgIpc) is 2.37. The van der Waals surface area contributed by atoms with E-state index in [9.17, 15) is 5.11 Å². The number of aryl methyl sites for hydroxylation is 1. The first kappa shape index (κ1) is 13.4. The monoisotopic (exact) mass is 293 g/mol. The molecule has 2 N–H and O–H groups in total. The lowest BCUT2D eigenvalue weighted by atomic mass is 9.77. The third-order valence-corrected chi connectivity index (χ3v) is 5.82. The van der Waals surface area contributed by atoms with Crippen molar-refractivity contribution in [2.24, 2.45) is 5.92 Å². The molecule has 1 saturated carbocycles. The molecule has 0 aromatic heterocycles. The van der Waals surface area contributed by atoms with Crippen molar-refractivity contribution < 1.29 is 5.11 Å². The molecule has 19 heavy (non-hydrogen) atoms. The molecule has 2 fully saturated rings. The second-order valence-corrected chi connectivity index (χ2v) is 7.46. The van der Waals surface area contributed by atoms with E-state index < -0.39 is 5.72 Å². The summed E-state index contributed by atoms with van der Waals surface area (Å²) in [5.74, 6) is 0.251. The third-order valence-electron chi connectivity index (χ3n) is 4.26. The molecule has 4 heteroatoms. The molecule has 2 nitrogen and oxygen atoms in total. The van der Waals surface area contributed by atoms with Gasteiger partial charge < -0.3 is 10.4 Å². The largest absolute Gasteiger partial charge is 0.371 e. The molecule has 1 aromatic carbocycles. The van der Waals surface area contributed by atoms with E-state index >= 15 is 0 Å². The minimum Gasteiger partial charge on any atom is -0.371 e. The van der Waals surface area contributed by atoms with Gasteiger partial charge >= 0.3 is 0 Å². The minimum absolute atomic E-state index is 0.251. The van der Waals surface area contributed by atoms with Crippen molar-refractivity contribution in [1.82, 2.24) is 5.32 Å². The molecule has 0 unspecified atom stereocenters. The Labute approximate surface area is 124 Å². The lowest BCUT2D eigenvalue weighted by Gasteiger charge is -2.48. The molecule has 102 valence electrons. The highest BCUT2D eigenvalue weighted by Crippen LogP contribution is 2.50. The molecule has 1 aromatic rings. The quantitative estimate of drug-likeness (QED) is 0.776. The number of hydrogen-bond donors (Lipinski definition) is 2. The first-order chi connectivity index (χ1) is 9.08. The van der Waals surface area contributed by atoms with Gasteiger partial charge in [-0.25, -0.2) is 0 Å². The van der Waals surface area contributed by atoms with Gasteiger partial charge in [0.15, 0.2) is 0 Å². The Hall–Kier alpha value is -0.580. The summed E-state index contributed by atoms with van der Waals surface area (Å²) in [7, 11) is 0. The molecule has 3 rings (SSSR count). The van der Waals surface area contributed by atoms with Crippen LogP contribution in [0.2, 0.25) is 0 Å². The zero-order chi connectivity index (χ0) is 13.5. The van der Waals surface area contributed by atoms with Crippen molar-refractivity contribution in [3.05, 3.63) is 35.4 Å². The fraction of sp³-hybridized carbons (Fsp3) is 0.533. The summed E-state index contributed by atoms with van der Waals surface area (Å²) in [4.78, 5) is 0. The lowest BCUT2D eigenvalue weighted by Crippen LogP contribution is -2.58. The van der Waals surface area contributed by atoms with Gasteiger partial charge in [-0.3, -0.25) is 0 Å². The second kappa shape index (κ2) is 5.08. The zero-order valence-electron chi connectivity index (χ0n) is 11.1. The van der Waals surface area contributed by atoms with Gasteiger partial charge in [0.1, 0.15) is 10.0 Å². The highest BCUT2D eigenvalue weighted by molar-refractivity contribution is 8.23. The molecule has 1 aliphatic carbocycles. The summed E-state index contributed by atoms with van der Waals surface area (Å²) >= 11 is 7.03. The van der Waals surface area contributed by atoms with Gasteiger partial charge in [-0.1, -0.05) is 60.2 Å². The van der Waals surface area contributed by atoms with Crippen LogP contribution in [0.25, 0.3) is 0 Å². The highest BCUT2D eigenvalue weighted by Gasteiger charge is 2.48. The summed E-state index contributed by atoms with van der Waals surface area (Å²) in [6.07, 6.45) is 4.15. The molecule has 0 spiro atoms. The molecule has 1 heterocycles. The SMILES string of the molecule is Cc1ccc([C@H]2SC(=S)N[C@@]3(O)CCCC[C@H]23)cc1. The van der Waals surface area contributed by atoms with Gasteiger partial charge in [-0.2, -0.15) is 0 Å². The Kier molecular flexibility index (Phi) is 3.58. The first-order valence-electron chi connectivity index (χ1n) is 6.86. The number of fused-ring (bicyclic) bond motifs is 1. The van der Waals surface area contributed by atoms with Gasteiger partial charge in [-0.05, 0) is 31.7 Å². The molecule has 0 bridgehead atoms. The van der Waals surface area contributed by atoms with E-state index in [2.05, 4.69) is 36.5 Å². The average molecular weight is 293 g/mol. The predicted molar refractivity (Wildman–Crippen MR) is 84.2 cm³/mol. The maximum absolute atomic E-state index is 10.8. The molecular weight excluding hydrogens is 274 g/mol. The summed E-state index contributed by atoms with van der Waals surface area (Å²) in [5, 5.41) is 14.3. The smallest absolute Gasteiger partial charge is 0.140 e. The number of hydrogen-bond acceptors (Lipinski definition) is 3. The summed E-state index contributed by atoms with van der Waals surface area (Å²) < 4.78 is 0.728. The number of benzene rings is 1. The van der Waals surface area contributed by atoms with Crippen LogP contribution in [0, 0.1) is 12.8 Å². The molecule has 0 amide bonds. The van der Waals surface area contributed by atoms with E-state index in [1.165, 1.54) is 17.5 Å². The molecule has 3 atom stereocenters. The minimum atomic E-state index is -0.795. The molecular formula is C15H19NOS2. The first-order valence-corrected chi connectivity index (χ1v) is 8.15. The number of thioether (sulfide) groups is 1. The fourth-order valence-corrected chi connectivity index (χ4v) is 4.97. The van der Waals surface area contributed by atoms with Crippen LogP contribution >= 0.6 is 24.0 Å². The van der Waals surface area contributed by atoms with E-state index in [0.29, 0.717) is 0 Å². The van der Waals surface area contributed by atoms with Gasteiger partial charge in [0.25, 0.3) is 0 Å². The van der Waals surface area contributed by atoms with Crippen LogP contribution in [-0.4, -0.2) is 15.2 Å². The maximum atomic E-state index is 10.8. The Morgan fingerprint density at radius 2 is 2.05 bits per heavy atom. The summed E-state index contributed by atoms with van der Waals surface area (Å²) in [5.41, 5.74) is 1.75. The molecule has 2 aliphatic rings. The van der Waals surface area contributed by atoms with E-state index in [4.69, 9.17) is 12.2 Å². The van der Waals surface area contributed by atoms with Crippen molar-refractivity contribution in [3.63, 3.8) is 0 Å². The van der Waals surface area contributed by atoms with E-state index in [1.54, 1.807) is 11.8 Å². The zero-order valence-corrected chi connectivity index (χ0v) is 12.7. The van der Waals surface area contributed by atoms with Crippen molar-refractivity contribution in [2.75, 3.05) is 0 Å². The maximum Gasteiger partial charge on any atom is 0.140 e. The van der Waals surface area contributed by atoms with Crippen LogP contribution in [0.1, 0.15) is 42.1 Å². The van der Waals surface area contributed by atoms with Gasteiger partial charge in [0, 0.05) is 11.2 Å². The third kappa shape index (κ3) is 2.54. The number of thiocarbonyl (C=S) groups is 1. The Morgan fingerprint density at radius 1 is 1.32 bits per heavy atom. The standard InChI is InChI=1S/C15H19NOS2/c1-10-5-7-11(8-6-10)13-12-4-2-3-9-15(12,17)16-14(18)19-13/h5-8,12-13,17H,2-4,9H2,1H3,(H,16,18)/t12-,13-,15-/m1/s1. The van der Waals surface area contributed by atoms with Gasteiger partial charge in [0.05, 0.1) is 0 Å². The van der Waals surface area contributed by atoms with Crippen LogP contribution in [0.4, 0.5) is 0 Å². The van der Waals surface area contributed by atoms with E-state index in [1.807, 2.05) is 0 Å². The van der Waals surface area contributed by atoms with Crippen molar-refractivity contribution in [3.8, 4) is 0 Å². The van der Waals surface area contributed by atoms with Crippen LogP contribution in [0.3, 0.4) is 0 Å². The van der Waals surface area contributed by atoms with Crippen LogP contribution < -0.4 is 5.32 Å². The summed E-state index contributed by atoms with van der Waals surface area (Å²) in [6.45, 7) is 2.10. The highest BCUT2D eigenvalue weighted by atomic mass is 32.2. The van der Waals surface area contributed by atoms with E-state index in [-0.39, 0.29) is 11.2 Å². The molecule has 1 saturated heterocycles. The van der Waals surface area contributed by atoms with Crippen LogP contribution in [-0.2, 0) is 0 Å². The molecule has 1 aliphatic heterocycles. The Morgan fingerprint density at radius 3 is 2.79 bits per heavy atom. The lowest BCUT2D eigenvalue weighted by molar-refractivity contribution is -0.0632. The van der Waals surface area contributed by atoms with Crippen molar-refractivity contribution in [1.29, 1.82) is 0 Å². The topological polar surface area (TPSA) is 32.3 Å². The van der Waals surface area contributed by atoms with Gasteiger partial charge in [-0.15, -0.1) is 0 Å². The number of nitrogens with one attached hydrogen (secondary N) is 1. The normalized spacial score (nSPS) is 34.5.